The first-order valence-electron chi connectivity index (χ1n) is 4.45. The summed E-state index contributed by atoms with van der Waals surface area (Å²) in [4.78, 5) is 0. The summed E-state index contributed by atoms with van der Waals surface area (Å²) in [5.74, 6) is 2.97. The molecular weight excluding hydrogens is 122 g/mol. The zero-order valence-electron chi connectivity index (χ0n) is 7.14. The molecule has 1 aliphatic rings. The molecule has 0 spiro atoms. The molecule has 0 aromatic carbocycles. The maximum atomic E-state index is 5.43. The van der Waals surface area contributed by atoms with Crippen LogP contribution in [0.5, 0.6) is 0 Å². The van der Waals surface area contributed by atoms with Gasteiger partial charge in [0.15, 0.2) is 0 Å². The first-order valence-corrected chi connectivity index (χ1v) is 4.45. The highest BCUT2D eigenvalue weighted by atomic mass is 14.5. The molecule has 0 saturated heterocycles. The van der Waals surface area contributed by atoms with E-state index in [1.165, 1.54) is 19.3 Å². The Labute approximate surface area is 64.0 Å². The zero-order chi connectivity index (χ0) is 7.56. The van der Waals surface area contributed by atoms with Gasteiger partial charge in [-0.3, -0.25) is 0 Å². The van der Waals surface area contributed by atoms with Gasteiger partial charge in [0.1, 0.15) is 0 Å². The van der Waals surface area contributed by atoms with Crippen molar-refractivity contribution in [2.75, 3.05) is 6.54 Å². The lowest BCUT2D eigenvalue weighted by Gasteiger charge is -2.08. The van der Waals surface area contributed by atoms with Crippen LogP contribution in [-0.4, -0.2) is 6.54 Å². The zero-order valence-corrected chi connectivity index (χ0v) is 7.14. The Bertz CT molecular complexity index is 101. The molecule has 0 radical (unpaired) electrons. The molecule has 0 bridgehead atoms. The van der Waals surface area contributed by atoms with E-state index in [1.807, 2.05) is 0 Å². The highest BCUT2D eigenvalue weighted by Crippen LogP contribution is 2.44. The van der Waals surface area contributed by atoms with Crippen LogP contribution in [0.15, 0.2) is 0 Å². The van der Waals surface area contributed by atoms with Gasteiger partial charge in [0.05, 0.1) is 0 Å². The number of rotatable bonds is 4. The summed E-state index contributed by atoms with van der Waals surface area (Å²) < 4.78 is 0. The van der Waals surface area contributed by atoms with Crippen LogP contribution in [0.25, 0.3) is 0 Å². The van der Waals surface area contributed by atoms with Crippen molar-refractivity contribution in [2.24, 2.45) is 23.5 Å². The second-order valence-electron chi connectivity index (χ2n) is 3.79. The molecule has 0 heterocycles. The van der Waals surface area contributed by atoms with Crippen molar-refractivity contribution in [3.8, 4) is 0 Å². The molecule has 10 heavy (non-hydrogen) atoms. The van der Waals surface area contributed by atoms with Gasteiger partial charge in [-0.2, -0.15) is 0 Å². The predicted octanol–water partition coefficient (Wildman–Crippen LogP) is 2.02. The fourth-order valence-corrected chi connectivity index (χ4v) is 1.80. The Hall–Kier alpha value is -0.0400. The SMILES string of the molecule is CC(CCCN)C1CC1C. The average molecular weight is 141 g/mol. The van der Waals surface area contributed by atoms with E-state index in [0.29, 0.717) is 0 Å². The lowest BCUT2D eigenvalue weighted by Crippen LogP contribution is -2.04. The van der Waals surface area contributed by atoms with Crippen LogP contribution in [0.3, 0.4) is 0 Å². The van der Waals surface area contributed by atoms with Crippen LogP contribution >= 0.6 is 0 Å². The normalized spacial score (nSPS) is 33.9. The van der Waals surface area contributed by atoms with Crippen LogP contribution in [0.2, 0.25) is 0 Å². The third kappa shape index (κ3) is 1.98. The van der Waals surface area contributed by atoms with E-state index < -0.39 is 0 Å². The molecule has 3 unspecified atom stereocenters. The van der Waals surface area contributed by atoms with Crippen molar-refractivity contribution in [2.45, 2.75) is 33.1 Å². The molecule has 60 valence electrons. The average Bonchev–Trinajstić information content (AvgIpc) is 2.62. The Balaban J connectivity index is 2.04. The third-order valence-corrected chi connectivity index (χ3v) is 2.77. The van der Waals surface area contributed by atoms with Crippen LogP contribution < -0.4 is 5.73 Å². The topological polar surface area (TPSA) is 26.0 Å². The summed E-state index contributed by atoms with van der Waals surface area (Å²) in [5, 5.41) is 0. The van der Waals surface area contributed by atoms with Gasteiger partial charge in [-0.25, -0.2) is 0 Å². The molecule has 0 aromatic rings. The summed E-state index contributed by atoms with van der Waals surface area (Å²) in [6, 6.07) is 0. The summed E-state index contributed by atoms with van der Waals surface area (Å²) in [5.41, 5.74) is 5.43. The quantitative estimate of drug-likeness (QED) is 0.637. The van der Waals surface area contributed by atoms with Crippen molar-refractivity contribution in [1.29, 1.82) is 0 Å². The van der Waals surface area contributed by atoms with E-state index in [9.17, 15) is 0 Å². The summed E-state index contributed by atoms with van der Waals surface area (Å²) in [6.07, 6.45) is 4.02. The van der Waals surface area contributed by atoms with Crippen LogP contribution in [0, 0.1) is 17.8 Å². The van der Waals surface area contributed by atoms with Crippen molar-refractivity contribution in [3.05, 3.63) is 0 Å². The van der Waals surface area contributed by atoms with Crippen molar-refractivity contribution in [1.82, 2.24) is 0 Å². The monoisotopic (exact) mass is 141 g/mol. The van der Waals surface area contributed by atoms with E-state index in [4.69, 9.17) is 5.73 Å². The smallest absolute Gasteiger partial charge is 0.00772 e. The Kier molecular flexibility index (Phi) is 2.72. The van der Waals surface area contributed by atoms with Gasteiger partial charge in [0.2, 0.25) is 0 Å². The van der Waals surface area contributed by atoms with Gasteiger partial charge in [0, 0.05) is 0 Å². The molecule has 1 aliphatic carbocycles. The maximum absolute atomic E-state index is 5.43. The van der Waals surface area contributed by atoms with Crippen molar-refractivity contribution < 1.29 is 0 Å². The molecule has 1 rings (SSSR count). The Morgan fingerprint density at radius 1 is 1.60 bits per heavy atom. The van der Waals surface area contributed by atoms with Gasteiger partial charge in [-0.1, -0.05) is 13.8 Å². The third-order valence-electron chi connectivity index (χ3n) is 2.77. The lowest BCUT2D eigenvalue weighted by molar-refractivity contribution is 0.438. The van der Waals surface area contributed by atoms with E-state index in [-0.39, 0.29) is 0 Å². The van der Waals surface area contributed by atoms with Gasteiger partial charge in [0.25, 0.3) is 0 Å². The van der Waals surface area contributed by atoms with E-state index in [1.54, 1.807) is 0 Å². The number of hydrogen-bond acceptors (Lipinski definition) is 1. The second kappa shape index (κ2) is 3.38. The van der Waals surface area contributed by atoms with Crippen molar-refractivity contribution >= 4 is 0 Å². The van der Waals surface area contributed by atoms with Crippen LogP contribution in [0.4, 0.5) is 0 Å². The minimum Gasteiger partial charge on any atom is -0.330 e. The second-order valence-corrected chi connectivity index (χ2v) is 3.79. The molecule has 2 N–H and O–H groups in total. The van der Waals surface area contributed by atoms with Crippen LogP contribution in [-0.2, 0) is 0 Å². The lowest BCUT2D eigenvalue weighted by atomic mass is 9.99. The molecule has 0 amide bonds. The highest BCUT2D eigenvalue weighted by molar-refractivity contribution is 4.86. The number of hydrogen-bond donors (Lipinski definition) is 1. The minimum atomic E-state index is 0.867. The molecule has 1 nitrogen and oxygen atoms in total. The summed E-state index contributed by atoms with van der Waals surface area (Å²) in [6.45, 7) is 5.58. The van der Waals surface area contributed by atoms with Crippen LogP contribution in [0.1, 0.15) is 33.1 Å². The van der Waals surface area contributed by atoms with Crippen molar-refractivity contribution in [3.63, 3.8) is 0 Å². The standard InChI is InChI=1S/C9H19N/c1-7(4-3-5-10)9-6-8(9)2/h7-9H,3-6,10H2,1-2H3. The number of nitrogens with two attached hydrogens (primary N) is 1. The Morgan fingerprint density at radius 2 is 2.20 bits per heavy atom. The largest absolute Gasteiger partial charge is 0.330 e. The first-order chi connectivity index (χ1) is 4.75. The predicted molar refractivity (Wildman–Crippen MR) is 44.7 cm³/mol. The molecular formula is C9H19N. The molecule has 3 atom stereocenters. The van der Waals surface area contributed by atoms with Gasteiger partial charge in [-0.05, 0) is 43.6 Å². The van der Waals surface area contributed by atoms with E-state index in [2.05, 4.69) is 13.8 Å². The fourth-order valence-electron chi connectivity index (χ4n) is 1.80. The van der Waals surface area contributed by atoms with E-state index >= 15 is 0 Å². The van der Waals surface area contributed by atoms with Gasteiger partial charge in [-0.15, -0.1) is 0 Å². The maximum Gasteiger partial charge on any atom is -0.00772 e. The first kappa shape index (κ1) is 8.06. The summed E-state index contributed by atoms with van der Waals surface area (Å²) in [7, 11) is 0. The van der Waals surface area contributed by atoms with Gasteiger partial charge >= 0.3 is 0 Å². The molecule has 1 heteroatoms. The van der Waals surface area contributed by atoms with E-state index in [0.717, 1.165) is 24.3 Å². The Morgan fingerprint density at radius 3 is 2.60 bits per heavy atom. The summed E-state index contributed by atoms with van der Waals surface area (Å²) >= 11 is 0. The highest BCUT2D eigenvalue weighted by Gasteiger charge is 2.36. The molecule has 1 fully saturated rings. The molecule has 0 aromatic heterocycles. The van der Waals surface area contributed by atoms with Gasteiger partial charge < -0.3 is 5.73 Å². The molecule has 0 aliphatic heterocycles. The fraction of sp³-hybridized carbons (Fsp3) is 1.00. The molecule has 1 saturated carbocycles. The minimum absolute atomic E-state index is 0.867.